The molecule has 0 atom stereocenters. The minimum atomic E-state index is -3.42. The van der Waals surface area contributed by atoms with Gasteiger partial charge in [0.1, 0.15) is 11.6 Å². The number of methoxy groups -OCH3 is 1. The van der Waals surface area contributed by atoms with Crippen LogP contribution in [-0.4, -0.2) is 21.8 Å². The summed E-state index contributed by atoms with van der Waals surface area (Å²) in [5.41, 5.74) is 1.41. The lowest BCUT2D eigenvalue weighted by Crippen LogP contribution is -2.10. The van der Waals surface area contributed by atoms with Crippen LogP contribution in [0.1, 0.15) is 0 Å². The number of benzene rings is 2. The minimum Gasteiger partial charge on any atom is -0.496 e. The van der Waals surface area contributed by atoms with Gasteiger partial charge in [0.05, 0.1) is 19.1 Å². The first kappa shape index (κ1) is 14.3. The van der Waals surface area contributed by atoms with Crippen molar-refractivity contribution in [1.29, 1.82) is 0 Å². The average Bonchev–Trinajstić information content (AvgIpc) is 2.37. The van der Waals surface area contributed by atoms with Crippen molar-refractivity contribution in [2.75, 3.05) is 18.1 Å². The minimum absolute atomic E-state index is 0.374. The molecule has 0 unspecified atom stereocenters. The van der Waals surface area contributed by atoms with Crippen molar-refractivity contribution in [2.45, 2.75) is 0 Å². The molecule has 0 fully saturated rings. The first-order valence-corrected chi connectivity index (χ1v) is 7.70. The molecule has 0 aliphatic rings. The molecular weight excluding hydrogens is 281 g/mol. The summed E-state index contributed by atoms with van der Waals surface area (Å²) in [6.45, 7) is 0. The van der Waals surface area contributed by atoms with E-state index in [4.69, 9.17) is 4.74 Å². The molecule has 0 radical (unpaired) electrons. The summed E-state index contributed by atoms with van der Waals surface area (Å²) in [7, 11) is -1.95. The van der Waals surface area contributed by atoms with Gasteiger partial charge in [-0.2, -0.15) is 0 Å². The Morgan fingerprint density at radius 2 is 1.80 bits per heavy atom. The molecule has 0 amide bonds. The fourth-order valence-corrected chi connectivity index (χ4v) is 2.47. The van der Waals surface area contributed by atoms with Crippen LogP contribution in [0.4, 0.5) is 10.1 Å². The van der Waals surface area contributed by atoms with Crippen molar-refractivity contribution in [3.05, 3.63) is 48.3 Å². The smallest absolute Gasteiger partial charge is 0.229 e. The highest BCUT2D eigenvalue weighted by Crippen LogP contribution is 2.35. The van der Waals surface area contributed by atoms with Crippen LogP contribution in [0.25, 0.3) is 11.1 Å². The van der Waals surface area contributed by atoms with E-state index in [1.807, 2.05) is 0 Å². The topological polar surface area (TPSA) is 55.4 Å². The van der Waals surface area contributed by atoms with Crippen LogP contribution in [-0.2, 0) is 10.0 Å². The van der Waals surface area contributed by atoms with Crippen molar-refractivity contribution in [3.63, 3.8) is 0 Å². The maximum absolute atomic E-state index is 13.4. The van der Waals surface area contributed by atoms with Crippen molar-refractivity contribution >= 4 is 15.7 Å². The van der Waals surface area contributed by atoms with Gasteiger partial charge in [0, 0.05) is 11.1 Å². The summed E-state index contributed by atoms with van der Waals surface area (Å²) in [5.74, 6) is 0.0455. The second kappa shape index (κ2) is 5.50. The molecule has 0 aliphatic carbocycles. The number of hydrogen-bond acceptors (Lipinski definition) is 3. The second-order valence-electron chi connectivity index (χ2n) is 4.26. The number of ether oxygens (including phenoxy) is 1. The van der Waals surface area contributed by atoms with Crippen molar-refractivity contribution in [1.82, 2.24) is 0 Å². The van der Waals surface area contributed by atoms with Gasteiger partial charge < -0.3 is 4.74 Å². The Labute approximate surface area is 117 Å². The molecule has 2 rings (SSSR count). The van der Waals surface area contributed by atoms with Crippen LogP contribution in [0, 0.1) is 5.82 Å². The summed E-state index contributed by atoms with van der Waals surface area (Å²) in [4.78, 5) is 0. The van der Waals surface area contributed by atoms with Crippen molar-refractivity contribution < 1.29 is 17.5 Å². The number of hydrogen-bond donors (Lipinski definition) is 1. The lowest BCUT2D eigenvalue weighted by atomic mass is 10.0. The highest BCUT2D eigenvalue weighted by atomic mass is 32.2. The molecule has 6 heteroatoms. The van der Waals surface area contributed by atoms with E-state index in [9.17, 15) is 12.8 Å². The Hall–Kier alpha value is -2.08. The summed E-state index contributed by atoms with van der Waals surface area (Å²) in [6.07, 6.45) is 1.06. The predicted molar refractivity (Wildman–Crippen MR) is 76.9 cm³/mol. The fourth-order valence-electron chi connectivity index (χ4n) is 1.90. The van der Waals surface area contributed by atoms with E-state index in [1.165, 1.54) is 25.3 Å². The Morgan fingerprint density at radius 1 is 1.10 bits per heavy atom. The zero-order valence-corrected chi connectivity index (χ0v) is 11.9. The third-order valence-electron chi connectivity index (χ3n) is 2.67. The molecular formula is C14H14FNO3S. The van der Waals surface area contributed by atoms with E-state index in [2.05, 4.69) is 4.72 Å². The lowest BCUT2D eigenvalue weighted by molar-refractivity contribution is 0.415. The summed E-state index contributed by atoms with van der Waals surface area (Å²) in [5, 5.41) is 0. The molecule has 106 valence electrons. The second-order valence-corrected chi connectivity index (χ2v) is 6.01. The Kier molecular flexibility index (Phi) is 3.94. The molecule has 1 N–H and O–H groups in total. The third kappa shape index (κ3) is 3.27. The van der Waals surface area contributed by atoms with Crippen molar-refractivity contribution in [3.8, 4) is 16.9 Å². The molecule has 0 spiro atoms. The molecule has 20 heavy (non-hydrogen) atoms. The van der Waals surface area contributed by atoms with E-state index in [1.54, 1.807) is 24.3 Å². The molecule has 2 aromatic carbocycles. The SMILES string of the molecule is COc1ccc(F)cc1-c1ccccc1NS(C)(=O)=O. The zero-order chi connectivity index (χ0) is 14.8. The largest absolute Gasteiger partial charge is 0.496 e. The van der Waals surface area contributed by atoms with Gasteiger partial charge in [-0.15, -0.1) is 0 Å². The van der Waals surface area contributed by atoms with Crippen molar-refractivity contribution in [2.24, 2.45) is 0 Å². The van der Waals surface area contributed by atoms with Gasteiger partial charge in [0.25, 0.3) is 0 Å². The predicted octanol–water partition coefficient (Wildman–Crippen LogP) is 2.87. The van der Waals surface area contributed by atoms with Crippen LogP contribution in [0.5, 0.6) is 5.75 Å². The van der Waals surface area contributed by atoms with E-state index in [0.717, 1.165) is 6.26 Å². The number of sulfonamides is 1. The molecule has 0 heterocycles. The Morgan fingerprint density at radius 3 is 2.45 bits per heavy atom. The molecule has 0 saturated carbocycles. The molecule has 0 aromatic heterocycles. The highest BCUT2D eigenvalue weighted by Gasteiger charge is 2.13. The zero-order valence-electron chi connectivity index (χ0n) is 11.1. The summed E-state index contributed by atoms with van der Waals surface area (Å²) < 4.78 is 43.8. The van der Waals surface area contributed by atoms with Crippen LogP contribution >= 0.6 is 0 Å². The number of para-hydroxylation sites is 1. The first-order valence-electron chi connectivity index (χ1n) is 5.81. The number of halogens is 1. The maximum Gasteiger partial charge on any atom is 0.229 e. The number of nitrogens with one attached hydrogen (secondary N) is 1. The Bertz CT molecular complexity index is 729. The maximum atomic E-state index is 13.4. The van der Waals surface area contributed by atoms with E-state index < -0.39 is 15.8 Å². The van der Waals surface area contributed by atoms with Crippen LogP contribution < -0.4 is 9.46 Å². The quantitative estimate of drug-likeness (QED) is 0.943. The normalized spacial score (nSPS) is 11.2. The average molecular weight is 295 g/mol. The van der Waals surface area contributed by atoms with Gasteiger partial charge in [-0.25, -0.2) is 12.8 Å². The molecule has 0 bridgehead atoms. The third-order valence-corrected chi connectivity index (χ3v) is 3.26. The van der Waals surface area contributed by atoms with Gasteiger partial charge in [-0.05, 0) is 24.3 Å². The van der Waals surface area contributed by atoms with Crippen LogP contribution in [0.15, 0.2) is 42.5 Å². The summed E-state index contributed by atoms with van der Waals surface area (Å²) in [6, 6.07) is 10.8. The van der Waals surface area contributed by atoms with Gasteiger partial charge in [-0.1, -0.05) is 18.2 Å². The van der Waals surface area contributed by atoms with Crippen LogP contribution in [0.3, 0.4) is 0 Å². The molecule has 0 aliphatic heterocycles. The van der Waals surface area contributed by atoms with E-state index in [-0.39, 0.29) is 0 Å². The molecule has 4 nitrogen and oxygen atoms in total. The van der Waals surface area contributed by atoms with Gasteiger partial charge >= 0.3 is 0 Å². The number of rotatable bonds is 4. The van der Waals surface area contributed by atoms with Crippen LogP contribution in [0.2, 0.25) is 0 Å². The molecule has 0 saturated heterocycles. The monoisotopic (exact) mass is 295 g/mol. The van der Waals surface area contributed by atoms with E-state index in [0.29, 0.717) is 22.6 Å². The highest BCUT2D eigenvalue weighted by molar-refractivity contribution is 7.92. The van der Waals surface area contributed by atoms with E-state index >= 15 is 0 Å². The Balaban J connectivity index is 2.61. The first-order chi connectivity index (χ1) is 9.40. The van der Waals surface area contributed by atoms with Gasteiger partial charge in [0.2, 0.25) is 10.0 Å². The fraction of sp³-hybridized carbons (Fsp3) is 0.143. The summed E-state index contributed by atoms with van der Waals surface area (Å²) >= 11 is 0. The van der Waals surface area contributed by atoms with Gasteiger partial charge in [0.15, 0.2) is 0 Å². The van der Waals surface area contributed by atoms with Gasteiger partial charge in [-0.3, -0.25) is 4.72 Å². The molecule has 2 aromatic rings. The standard InChI is InChI=1S/C14H14FNO3S/c1-19-14-8-7-10(15)9-12(14)11-5-3-4-6-13(11)16-20(2,17)18/h3-9,16H,1-2H3. The lowest BCUT2D eigenvalue weighted by Gasteiger charge is -2.13. The number of anilines is 1.